The maximum Gasteiger partial charge on any atom is 0.254 e. The molecule has 1 amide bonds. The van der Waals surface area contributed by atoms with E-state index in [1.54, 1.807) is 6.07 Å². The topological polar surface area (TPSA) is 50.8 Å². The molecule has 0 aliphatic carbocycles. The van der Waals surface area contributed by atoms with Crippen molar-refractivity contribution in [3.8, 4) is 11.5 Å². The summed E-state index contributed by atoms with van der Waals surface area (Å²) in [6, 6.07) is 6.03. The smallest absolute Gasteiger partial charge is 0.254 e. The molecule has 2 rings (SSSR count). The Morgan fingerprint density at radius 1 is 1.13 bits per heavy atom. The number of hydrogen-bond donors (Lipinski definition) is 1. The predicted octanol–water partition coefficient (Wildman–Crippen LogP) is 2.73. The van der Waals surface area contributed by atoms with E-state index in [1.165, 1.54) is 0 Å². The molecule has 1 saturated heterocycles. The molecular weight excluding hydrogens is 316 g/mol. The number of ether oxygens (including phenoxy) is 2. The lowest BCUT2D eigenvalue weighted by Crippen LogP contribution is -2.55. The second-order valence-corrected chi connectivity index (χ2v) is 5.71. The van der Waals surface area contributed by atoms with Gasteiger partial charge in [0.25, 0.3) is 5.91 Å². The molecular formula is C17H27ClN2O3. The minimum Gasteiger partial charge on any atom is -0.490 e. The summed E-state index contributed by atoms with van der Waals surface area (Å²) in [5.41, 5.74) is 0.646. The van der Waals surface area contributed by atoms with E-state index in [0.717, 1.165) is 13.1 Å². The van der Waals surface area contributed by atoms with Crippen LogP contribution in [0.1, 0.15) is 38.1 Å². The number of amides is 1. The monoisotopic (exact) mass is 342 g/mol. The van der Waals surface area contributed by atoms with Crippen LogP contribution in [0.5, 0.6) is 11.5 Å². The highest BCUT2D eigenvalue weighted by molar-refractivity contribution is 5.95. The van der Waals surface area contributed by atoms with Crippen molar-refractivity contribution in [2.24, 2.45) is 0 Å². The number of carbonyl (C=O) groups is 1. The fraction of sp³-hybridized carbons (Fsp3) is 0.588. The van der Waals surface area contributed by atoms with Crippen LogP contribution in [0.15, 0.2) is 18.2 Å². The average Bonchev–Trinajstić information content (AvgIpc) is 2.48. The fourth-order valence-corrected chi connectivity index (χ4v) is 2.86. The van der Waals surface area contributed by atoms with E-state index < -0.39 is 0 Å². The lowest BCUT2D eigenvalue weighted by atomic mass is 10.1. The van der Waals surface area contributed by atoms with Gasteiger partial charge in [0.1, 0.15) is 0 Å². The fourth-order valence-electron chi connectivity index (χ4n) is 2.86. The van der Waals surface area contributed by atoms with Gasteiger partial charge in [-0.2, -0.15) is 0 Å². The third-order valence-corrected chi connectivity index (χ3v) is 3.64. The summed E-state index contributed by atoms with van der Waals surface area (Å²) < 4.78 is 11.1. The number of nitrogens with zero attached hydrogens (tertiary/aromatic N) is 1. The van der Waals surface area contributed by atoms with E-state index in [1.807, 2.05) is 30.9 Å². The van der Waals surface area contributed by atoms with Crippen molar-refractivity contribution in [3.05, 3.63) is 23.8 Å². The van der Waals surface area contributed by atoms with Crippen LogP contribution >= 0.6 is 12.4 Å². The van der Waals surface area contributed by atoms with Gasteiger partial charge >= 0.3 is 0 Å². The number of benzene rings is 1. The lowest BCUT2D eigenvalue weighted by molar-refractivity contribution is 0.0673. The van der Waals surface area contributed by atoms with Crippen LogP contribution in [0.3, 0.4) is 0 Å². The Bertz CT molecular complexity index is 515. The Labute approximate surface area is 144 Å². The first-order chi connectivity index (χ1) is 10.5. The molecule has 2 atom stereocenters. The molecule has 1 aliphatic rings. The van der Waals surface area contributed by atoms with Crippen LogP contribution < -0.4 is 14.8 Å². The summed E-state index contributed by atoms with van der Waals surface area (Å²) in [6.07, 6.45) is 0. The molecule has 1 fully saturated rings. The van der Waals surface area contributed by atoms with Crippen molar-refractivity contribution in [1.29, 1.82) is 0 Å². The number of halogens is 1. The van der Waals surface area contributed by atoms with E-state index in [-0.39, 0.29) is 18.3 Å². The highest BCUT2D eigenvalue weighted by atomic mass is 35.5. The van der Waals surface area contributed by atoms with Crippen LogP contribution in [-0.4, -0.2) is 49.2 Å². The Hall–Kier alpha value is -1.46. The standard InChI is InChI=1S/C17H26N2O3.ClH/c1-5-21-15-8-7-14(9-16(15)22-6-2)17(20)19-10-12(3)18-13(4)11-19;/h7-9,12-13,18H,5-6,10-11H2,1-4H3;1H. The molecule has 1 aromatic carbocycles. The molecule has 1 aliphatic heterocycles. The Balaban J connectivity index is 0.00000264. The zero-order valence-electron chi connectivity index (χ0n) is 14.3. The molecule has 130 valence electrons. The van der Waals surface area contributed by atoms with Crippen LogP contribution in [-0.2, 0) is 0 Å². The van der Waals surface area contributed by atoms with E-state index >= 15 is 0 Å². The molecule has 0 spiro atoms. The van der Waals surface area contributed by atoms with Gasteiger partial charge in [0.15, 0.2) is 11.5 Å². The Kier molecular flexibility index (Phi) is 7.65. The van der Waals surface area contributed by atoms with Crippen LogP contribution in [0.2, 0.25) is 0 Å². The average molecular weight is 343 g/mol. The molecule has 23 heavy (non-hydrogen) atoms. The summed E-state index contributed by atoms with van der Waals surface area (Å²) in [7, 11) is 0. The second kappa shape index (κ2) is 8.99. The second-order valence-electron chi connectivity index (χ2n) is 5.71. The molecule has 1 heterocycles. The number of rotatable bonds is 5. The molecule has 1 aromatic rings. The molecule has 0 aromatic heterocycles. The van der Waals surface area contributed by atoms with Crippen molar-refractivity contribution < 1.29 is 14.3 Å². The predicted molar refractivity (Wildman–Crippen MR) is 94.0 cm³/mol. The quantitative estimate of drug-likeness (QED) is 0.894. The molecule has 0 bridgehead atoms. The Morgan fingerprint density at radius 3 is 2.26 bits per heavy atom. The summed E-state index contributed by atoms with van der Waals surface area (Å²) in [6.45, 7) is 10.6. The minimum absolute atomic E-state index is 0. The van der Waals surface area contributed by atoms with Crippen molar-refractivity contribution in [2.75, 3.05) is 26.3 Å². The van der Waals surface area contributed by atoms with Gasteiger partial charge < -0.3 is 19.7 Å². The zero-order chi connectivity index (χ0) is 16.1. The number of nitrogens with one attached hydrogen (secondary N) is 1. The molecule has 5 nitrogen and oxygen atoms in total. The maximum absolute atomic E-state index is 12.7. The molecule has 0 radical (unpaired) electrons. The summed E-state index contributed by atoms with van der Waals surface area (Å²) >= 11 is 0. The molecule has 2 unspecified atom stereocenters. The number of hydrogen-bond acceptors (Lipinski definition) is 4. The SMILES string of the molecule is CCOc1ccc(C(=O)N2CC(C)NC(C)C2)cc1OCC.Cl. The number of piperazine rings is 1. The van der Waals surface area contributed by atoms with E-state index in [9.17, 15) is 4.79 Å². The van der Waals surface area contributed by atoms with Gasteiger partial charge in [-0.3, -0.25) is 4.79 Å². The van der Waals surface area contributed by atoms with Gasteiger partial charge in [0, 0.05) is 30.7 Å². The van der Waals surface area contributed by atoms with Crippen molar-refractivity contribution >= 4 is 18.3 Å². The minimum atomic E-state index is 0. The molecule has 0 saturated carbocycles. The lowest BCUT2D eigenvalue weighted by Gasteiger charge is -2.36. The van der Waals surface area contributed by atoms with Crippen LogP contribution in [0.4, 0.5) is 0 Å². The third kappa shape index (κ3) is 5.01. The zero-order valence-corrected chi connectivity index (χ0v) is 15.1. The first kappa shape index (κ1) is 19.6. The highest BCUT2D eigenvalue weighted by Crippen LogP contribution is 2.29. The van der Waals surface area contributed by atoms with Crippen molar-refractivity contribution in [2.45, 2.75) is 39.8 Å². The van der Waals surface area contributed by atoms with Gasteiger partial charge in [-0.25, -0.2) is 0 Å². The number of carbonyl (C=O) groups excluding carboxylic acids is 1. The van der Waals surface area contributed by atoms with Gasteiger partial charge in [-0.1, -0.05) is 0 Å². The van der Waals surface area contributed by atoms with E-state index in [4.69, 9.17) is 9.47 Å². The molecule has 6 heteroatoms. The van der Waals surface area contributed by atoms with Crippen molar-refractivity contribution in [1.82, 2.24) is 10.2 Å². The molecule has 1 N–H and O–H groups in total. The van der Waals surface area contributed by atoms with E-state index in [0.29, 0.717) is 42.4 Å². The third-order valence-electron chi connectivity index (χ3n) is 3.64. The first-order valence-electron chi connectivity index (χ1n) is 8.00. The maximum atomic E-state index is 12.7. The summed E-state index contributed by atoms with van der Waals surface area (Å²) in [4.78, 5) is 14.6. The summed E-state index contributed by atoms with van der Waals surface area (Å²) in [5.74, 6) is 1.36. The van der Waals surface area contributed by atoms with Gasteiger partial charge in [-0.05, 0) is 45.9 Å². The van der Waals surface area contributed by atoms with E-state index in [2.05, 4.69) is 19.2 Å². The van der Waals surface area contributed by atoms with Crippen LogP contribution in [0, 0.1) is 0 Å². The van der Waals surface area contributed by atoms with Gasteiger partial charge in [-0.15, -0.1) is 12.4 Å². The van der Waals surface area contributed by atoms with Gasteiger partial charge in [0.2, 0.25) is 0 Å². The van der Waals surface area contributed by atoms with Crippen LogP contribution in [0.25, 0.3) is 0 Å². The Morgan fingerprint density at radius 2 is 1.70 bits per heavy atom. The first-order valence-corrected chi connectivity index (χ1v) is 8.00. The summed E-state index contributed by atoms with van der Waals surface area (Å²) in [5, 5.41) is 3.43. The van der Waals surface area contributed by atoms with Crippen molar-refractivity contribution in [3.63, 3.8) is 0 Å². The normalized spacial score (nSPS) is 20.6. The highest BCUT2D eigenvalue weighted by Gasteiger charge is 2.26. The largest absolute Gasteiger partial charge is 0.490 e. The van der Waals surface area contributed by atoms with Gasteiger partial charge in [0.05, 0.1) is 13.2 Å².